The van der Waals surface area contributed by atoms with Gasteiger partial charge < -0.3 is 15.4 Å². The predicted octanol–water partition coefficient (Wildman–Crippen LogP) is 2.91. The van der Waals surface area contributed by atoms with Crippen LogP contribution >= 0.6 is 23.1 Å². The Morgan fingerprint density at radius 2 is 2.11 bits per heavy atom. The lowest BCUT2D eigenvalue weighted by molar-refractivity contribution is -0.128. The van der Waals surface area contributed by atoms with Gasteiger partial charge in [-0.25, -0.2) is 4.98 Å². The van der Waals surface area contributed by atoms with Gasteiger partial charge in [-0.3, -0.25) is 14.9 Å². The largest absolute Gasteiger partial charge is 0.497 e. The van der Waals surface area contributed by atoms with E-state index < -0.39 is 0 Å². The molecule has 9 heteroatoms. The molecule has 3 unspecified atom stereocenters. The van der Waals surface area contributed by atoms with E-state index in [9.17, 15) is 9.59 Å². The minimum atomic E-state index is -0.262. The number of hydrogen-bond acceptors (Lipinski definition) is 7. The Hall–Kier alpha value is -2.10. The highest BCUT2D eigenvalue weighted by Gasteiger charge is 2.32. The molecule has 1 fully saturated rings. The van der Waals surface area contributed by atoms with Crippen LogP contribution < -0.4 is 20.7 Å². The normalized spacial score (nSPS) is 21.8. The number of amides is 2. The number of hydrogen-bond donors (Lipinski definition) is 3. The molecule has 1 aromatic carbocycles. The Labute approximate surface area is 172 Å². The maximum Gasteiger partial charge on any atom is 0.236 e. The number of nitrogens with zero attached hydrogens (tertiary/aromatic N) is 1. The lowest BCUT2D eigenvalue weighted by Gasteiger charge is -2.34. The van der Waals surface area contributed by atoms with Crippen LogP contribution in [0, 0.1) is 5.92 Å². The summed E-state index contributed by atoms with van der Waals surface area (Å²) in [7, 11) is 1.63. The van der Waals surface area contributed by atoms with E-state index in [1.165, 1.54) is 23.1 Å². The zero-order valence-electron chi connectivity index (χ0n) is 16.0. The zero-order chi connectivity index (χ0) is 20.1. The first-order valence-corrected chi connectivity index (χ1v) is 11.0. The second kappa shape index (κ2) is 9.40. The van der Waals surface area contributed by atoms with Crippen molar-refractivity contribution in [2.45, 2.75) is 31.8 Å². The zero-order valence-corrected chi connectivity index (χ0v) is 17.7. The Bertz CT molecular complexity index is 825. The molecule has 0 radical (unpaired) electrons. The van der Waals surface area contributed by atoms with Gasteiger partial charge in [0.15, 0.2) is 5.13 Å². The van der Waals surface area contributed by atoms with Gasteiger partial charge >= 0.3 is 0 Å². The predicted molar refractivity (Wildman–Crippen MR) is 113 cm³/mol. The van der Waals surface area contributed by atoms with Crippen molar-refractivity contribution in [2.24, 2.45) is 5.92 Å². The molecule has 2 heterocycles. The summed E-state index contributed by atoms with van der Waals surface area (Å²) in [6.07, 6.45) is 0.790. The SMILES string of the molecule is CCC1C(=O)NC(SCC(=O)Nc2nc(-c3ccc(OC)cc3)cs2)NC1C. The highest BCUT2D eigenvalue weighted by atomic mass is 32.2. The van der Waals surface area contributed by atoms with Gasteiger partial charge in [0.2, 0.25) is 11.8 Å². The monoisotopic (exact) mass is 420 g/mol. The van der Waals surface area contributed by atoms with Gasteiger partial charge in [0.05, 0.1) is 24.5 Å². The van der Waals surface area contributed by atoms with Crippen LogP contribution in [-0.2, 0) is 9.59 Å². The fourth-order valence-electron chi connectivity index (χ4n) is 3.03. The van der Waals surface area contributed by atoms with Crippen molar-refractivity contribution in [3.63, 3.8) is 0 Å². The minimum Gasteiger partial charge on any atom is -0.497 e. The number of ether oxygens (including phenoxy) is 1. The standard InChI is InChI=1S/C19H24N4O3S2/c1-4-14-11(2)20-18(23-17(14)25)28-10-16(24)22-19-21-15(9-27-19)12-5-7-13(26-3)8-6-12/h5-9,11,14,18,20H,4,10H2,1-3H3,(H,23,25)(H,21,22,24). The van der Waals surface area contributed by atoms with E-state index in [1.54, 1.807) is 7.11 Å². The molecule has 3 N–H and O–H groups in total. The molecular formula is C19H24N4O3S2. The Morgan fingerprint density at radius 1 is 1.36 bits per heavy atom. The lowest BCUT2D eigenvalue weighted by Crippen LogP contribution is -2.59. The summed E-state index contributed by atoms with van der Waals surface area (Å²) >= 11 is 2.74. The molecule has 0 bridgehead atoms. The summed E-state index contributed by atoms with van der Waals surface area (Å²) in [6.45, 7) is 3.99. The van der Waals surface area contributed by atoms with Crippen molar-refractivity contribution in [1.82, 2.24) is 15.6 Å². The van der Waals surface area contributed by atoms with Crippen LogP contribution in [0.2, 0.25) is 0 Å². The number of thiazole rings is 1. The summed E-state index contributed by atoms with van der Waals surface area (Å²) in [6, 6.07) is 7.69. The van der Waals surface area contributed by atoms with E-state index in [4.69, 9.17) is 4.74 Å². The Kier molecular flexibility index (Phi) is 6.93. The summed E-state index contributed by atoms with van der Waals surface area (Å²) < 4.78 is 5.16. The lowest BCUT2D eigenvalue weighted by atomic mass is 9.96. The van der Waals surface area contributed by atoms with Crippen LogP contribution in [0.3, 0.4) is 0 Å². The van der Waals surface area contributed by atoms with Gasteiger partial charge in [-0.15, -0.1) is 23.1 Å². The first kappa shape index (κ1) is 20.6. The second-order valence-electron chi connectivity index (χ2n) is 6.48. The third-order valence-corrected chi connectivity index (χ3v) is 6.36. The van der Waals surface area contributed by atoms with Gasteiger partial charge in [0.25, 0.3) is 0 Å². The molecule has 0 saturated carbocycles. The van der Waals surface area contributed by atoms with E-state index >= 15 is 0 Å². The summed E-state index contributed by atoms with van der Waals surface area (Å²) in [5.74, 6) is 0.862. The minimum absolute atomic E-state index is 0.0302. The number of anilines is 1. The average molecular weight is 421 g/mol. The highest BCUT2D eigenvalue weighted by molar-refractivity contribution is 8.00. The van der Waals surface area contributed by atoms with Crippen LogP contribution in [0.4, 0.5) is 5.13 Å². The summed E-state index contributed by atoms with van der Waals surface area (Å²) in [5.41, 5.74) is 1.50. The fraction of sp³-hybridized carbons (Fsp3) is 0.421. The summed E-state index contributed by atoms with van der Waals surface area (Å²) in [4.78, 5) is 28.8. The third-order valence-electron chi connectivity index (χ3n) is 4.59. The molecule has 1 aliphatic rings. The van der Waals surface area contributed by atoms with Crippen LogP contribution in [0.15, 0.2) is 29.6 Å². The molecule has 2 aromatic rings. The topological polar surface area (TPSA) is 92.4 Å². The quantitative estimate of drug-likeness (QED) is 0.638. The number of thioether (sulfide) groups is 1. The smallest absolute Gasteiger partial charge is 0.236 e. The van der Waals surface area contributed by atoms with E-state index in [0.717, 1.165) is 23.4 Å². The second-order valence-corrected chi connectivity index (χ2v) is 8.44. The van der Waals surface area contributed by atoms with Crippen molar-refractivity contribution >= 4 is 40.0 Å². The van der Waals surface area contributed by atoms with Gasteiger partial charge in [-0.05, 0) is 37.6 Å². The van der Waals surface area contributed by atoms with E-state index in [2.05, 4.69) is 20.9 Å². The third kappa shape index (κ3) is 5.03. The summed E-state index contributed by atoms with van der Waals surface area (Å²) in [5, 5.41) is 11.5. The molecule has 0 aliphatic carbocycles. The highest BCUT2D eigenvalue weighted by Crippen LogP contribution is 2.26. The molecule has 0 spiro atoms. The Balaban J connectivity index is 1.50. The van der Waals surface area contributed by atoms with Crippen LogP contribution in [-0.4, -0.2) is 41.2 Å². The van der Waals surface area contributed by atoms with Crippen molar-refractivity contribution in [2.75, 3.05) is 18.2 Å². The number of rotatable bonds is 7. The van der Waals surface area contributed by atoms with Crippen LogP contribution in [0.1, 0.15) is 20.3 Å². The van der Waals surface area contributed by atoms with Gasteiger partial charge in [-0.1, -0.05) is 6.92 Å². The first-order valence-electron chi connectivity index (χ1n) is 9.08. The molecular weight excluding hydrogens is 396 g/mol. The number of carbonyl (C=O) groups is 2. The van der Waals surface area contributed by atoms with E-state index in [0.29, 0.717) is 5.13 Å². The fourth-order valence-corrected chi connectivity index (χ4v) is 4.66. The first-order chi connectivity index (χ1) is 13.5. The van der Waals surface area contributed by atoms with Crippen molar-refractivity contribution in [3.05, 3.63) is 29.6 Å². The number of methoxy groups -OCH3 is 1. The average Bonchev–Trinajstić information content (AvgIpc) is 3.14. The maximum absolute atomic E-state index is 12.2. The number of benzene rings is 1. The number of aromatic nitrogens is 1. The molecule has 3 rings (SSSR count). The molecule has 1 saturated heterocycles. The van der Waals surface area contributed by atoms with Crippen LogP contribution in [0.5, 0.6) is 5.75 Å². The van der Waals surface area contributed by atoms with Gasteiger partial charge in [-0.2, -0.15) is 0 Å². The van der Waals surface area contributed by atoms with Gasteiger partial charge in [0, 0.05) is 17.0 Å². The van der Waals surface area contributed by atoms with Gasteiger partial charge in [0.1, 0.15) is 11.2 Å². The molecule has 1 aromatic heterocycles. The maximum atomic E-state index is 12.2. The Morgan fingerprint density at radius 3 is 2.75 bits per heavy atom. The molecule has 7 nitrogen and oxygen atoms in total. The molecule has 1 aliphatic heterocycles. The molecule has 28 heavy (non-hydrogen) atoms. The van der Waals surface area contributed by atoms with Crippen LogP contribution in [0.25, 0.3) is 11.3 Å². The van der Waals surface area contributed by atoms with Crippen molar-refractivity contribution < 1.29 is 14.3 Å². The number of nitrogens with one attached hydrogen (secondary N) is 3. The van der Waals surface area contributed by atoms with Crippen molar-refractivity contribution in [1.29, 1.82) is 0 Å². The number of carbonyl (C=O) groups excluding carboxylic acids is 2. The molecule has 150 valence electrons. The molecule has 2 amide bonds. The molecule has 3 atom stereocenters. The van der Waals surface area contributed by atoms with E-state index in [-0.39, 0.29) is 35.0 Å². The van der Waals surface area contributed by atoms with E-state index in [1.807, 2.05) is 43.5 Å². The van der Waals surface area contributed by atoms with Crippen molar-refractivity contribution in [3.8, 4) is 17.0 Å².